The Morgan fingerprint density at radius 2 is 2.20 bits per heavy atom. The molecule has 0 aromatic heterocycles. The molecule has 0 heterocycles. The Balaban J connectivity index is 2.39. The van der Waals surface area contributed by atoms with E-state index in [0.717, 1.165) is 25.0 Å². The van der Waals surface area contributed by atoms with Gasteiger partial charge in [0.05, 0.1) is 0 Å². The summed E-state index contributed by atoms with van der Waals surface area (Å²) in [6.07, 6.45) is 11.2. The lowest BCUT2D eigenvalue weighted by molar-refractivity contribution is -0.110. The van der Waals surface area contributed by atoms with Crippen LogP contribution in [0.25, 0.3) is 0 Å². The minimum atomic E-state index is 0.155. The fourth-order valence-corrected chi connectivity index (χ4v) is 2.06. The highest BCUT2D eigenvalue weighted by molar-refractivity contribution is 5.54. The lowest BCUT2D eigenvalue weighted by Gasteiger charge is -2.18. The molecule has 0 aromatic carbocycles. The largest absolute Gasteiger partial charge is 0.303 e. The van der Waals surface area contributed by atoms with Gasteiger partial charge < -0.3 is 4.79 Å². The van der Waals surface area contributed by atoms with Crippen molar-refractivity contribution in [1.29, 1.82) is 0 Å². The number of carbonyl (C=O) groups is 1. The minimum absolute atomic E-state index is 0.155. The average Bonchev–Trinajstić information content (AvgIpc) is 2.20. The number of aldehydes is 1. The molecule has 84 valence electrons. The molecule has 0 amide bonds. The van der Waals surface area contributed by atoms with Crippen molar-refractivity contribution in [2.24, 2.45) is 17.8 Å². The van der Waals surface area contributed by atoms with Crippen LogP contribution in [0.15, 0.2) is 23.8 Å². The van der Waals surface area contributed by atoms with Gasteiger partial charge in [0.15, 0.2) is 0 Å². The predicted molar refractivity (Wildman–Crippen MR) is 64.6 cm³/mol. The van der Waals surface area contributed by atoms with Crippen LogP contribution in [0.1, 0.15) is 40.0 Å². The second-order valence-electron chi connectivity index (χ2n) is 5.08. The standard InChI is InChI=1S/C14H22O/c1-11(2)8-13-4-6-14(7-5-13)9-12(3)10-15/h4,6-7,10-13H,5,8-9H2,1-3H3. The van der Waals surface area contributed by atoms with Gasteiger partial charge in [-0.3, -0.25) is 0 Å². The van der Waals surface area contributed by atoms with Crippen molar-refractivity contribution in [2.45, 2.75) is 40.0 Å². The number of hydrogen-bond donors (Lipinski definition) is 0. The maximum atomic E-state index is 10.5. The van der Waals surface area contributed by atoms with Crippen LogP contribution in [-0.4, -0.2) is 6.29 Å². The average molecular weight is 206 g/mol. The van der Waals surface area contributed by atoms with E-state index in [1.54, 1.807) is 0 Å². The lowest BCUT2D eigenvalue weighted by atomic mass is 9.87. The summed E-state index contributed by atoms with van der Waals surface area (Å²) in [5.41, 5.74) is 1.33. The van der Waals surface area contributed by atoms with E-state index in [9.17, 15) is 4.79 Å². The van der Waals surface area contributed by atoms with E-state index in [1.165, 1.54) is 12.0 Å². The Morgan fingerprint density at radius 1 is 1.47 bits per heavy atom. The molecule has 0 saturated carbocycles. The summed E-state index contributed by atoms with van der Waals surface area (Å²) < 4.78 is 0. The van der Waals surface area contributed by atoms with E-state index >= 15 is 0 Å². The van der Waals surface area contributed by atoms with E-state index in [-0.39, 0.29) is 5.92 Å². The highest BCUT2D eigenvalue weighted by atomic mass is 16.1. The van der Waals surface area contributed by atoms with Gasteiger partial charge in [0.1, 0.15) is 6.29 Å². The third-order valence-electron chi connectivity index (χ3n) is 2.83. The van der Waals surface area contributed by atoms with Crippen molar-refractivity contribution in [1.82, 2.24) is 0 Å². The molecular formula is C14H22O. The van der Waals surface area contributed by atoms with E-state index in [1.807, 2.05) is 6.92 Å². The first-order chi connectivity index (χ1) is 7.11. The summed E-state index contributed by atoms with van der Waals surface area (Å²) in [7, 11) is 0. The van der Waals surface area contributed by atoms with Crippen LogP contribution < -0.4 is 0 Å². The molecule has 0 bridgehead atoms. The third-order valence-corrected chi connectivity index (χ3v) is 2.83. The van der Waals surface area contributed by atoms with Gasteiger partial charge in [-0.1, -0.05) is 44.6 Å². The molecule has 1 aliphatic rings. The van der Waals surface area contributed by atoms with Gasteiger partial charge in [0, 0.05) is 5.92 Å². The number of rotatable bonds is 5. The van der Waals surface area contributed by atoms with Gasteiger partial charge >= 0.3 is 0 Å². The van der Waals surface area contributed by atoms with Crippen molar-refractivity contribution in [2.75, 3.05) is 0 Å². The van der Waals surface area contributed by atoms with Gasteiger partial charge in [0.2, 0.25) is 0 Å². The summed E-state index contributed by atoms with van der Waals surface area (Å²) >= 11 is 0. The summed E-state index contributed by atoms with van der Waals surface area (Å²) in [4.78, 5) is 10.5. The van der Waals surface area contributed by atoms with E-state index in [0.29, 0.717) is 5.92 Å². The highest BCUT2D eigenvalue weighted by Gasteiger charge is 2.11. The first kappa shape index (κ1) is 12.2. The van der Waals surface area contributed by atoms with Crippen LogP contribution in [0.4, 0.5) is 0 Å². The summed E-state index contributed by atoms with van der Waals surface area (Å²) in [6, 6.07) is 0. The molecule has 0 N–H and O–H groups in total. The van der Waals surface area contributed by atoms with Crippen LogP contribution in [0.3, 0.4) is 0 Å². The Labute approximate surface area is 93.3 Å². The van der Waals surface area contributed by atoms with Crippen LogP contribution >= 0.6 is 0 Å². The van der Waals surface area contributed by atoms with Crippen molar-refractivity contribution in [3.8, 4) is 0 Å². The Kier molecular flexibility index (Phi) is 4.80. The molecule has 1 rings (SSSR count). The number of hydrogen-bond acceptors (Lipinski definition) is 1. The maximum absolute atomic E-state index is 10.5. The second kappa shape index (κ2) is 5.89. The quantitative estimate of drug-likeness (QED) is 0.626. The molecule has 1 nitrogen and oxygen atoms in total. The van der Waals surface area contributed by atoms with Gasteiger partial charge in [-0.25, -0.2) is 0 Å². The highest BCUT2D eigenvalue weighted by Crippen LogP contribution is 2.25. The molecule has 1 heteroatoms. The maximum Gasteiger partial charge on any atom is 0.123 e. The van der Waals surface area contributed by atoms with Crippen molar-refractivity contribution < 1.29 is 4.79 Å². The Morgan fingerprint density at radius 3 is 2.67 bits per heavy atom. The second-order valence-corrected chi connectivity index (χ2v) is 5.08. The summed E-state index contributed by atoms with van der Waals surface area (Å²) in [5, 5.41) is 0. The summed E-state index contributed by atoms with van der Waals surface area (Å²) in [6.45, 7) is 6.50. The molecule has 0 spiro atoms. The number of carbonyl (C=O) groups excluding carboxylic acids is 1. The zero-order valence-electron chi connectivity index (χ0n) is 10.1. The molecule has 0 saturated heterocycles. The molecule has 2 atom stereocenters. The number of allylic oxidation sites excluding steroid dienone is 4. The normalized spacial score (nSPS) is 22.7. The third kappa shape index (κ3) is 4.46. The first-order valence-electron chi connectivity index (χ1n) is 5.94. The van der Waals surface area contributed by atoms with Crippen molar-refractivity contribution in [3.63, 3.8) is 0 Å². The molecule has 0 aliphatic heterocycles. The molecule has 0 radical (unpaired) electrons. The van der Waals surface area contributed by atoms with E-state index < -0.39 is 0 Å². The molecular weight excluding hydrogens is 184 g/mol. The Hall–Kier alpha value is -0.850. The van der Waals surface area contributed by atoms with Crippen LogP contribution in [0.2, 0.25) is 0 Å². The van der Waals surface area contributed by atoms with Gasteiger partial charge in [-0.05, 0) is 31.1 Å². The fraction of sp³-hybridized carbons (Fsp3) is 0.643. The van der Waals surface area contributed by atoms with Gasteiger partial charge in [-0.2, -0.15) is 0 Å². The van der Waals surface area contributed by atoms with Crippen LogP contribution in [0.5, 0.6) is 0 Å². The van der Waals surface area contributed by atoms with Crippen LogP contribution in [0, 0.1) is 17.8 Å². The molecule has 0 aromatic rings. The fourth-order valence-electron chi connectivity index (χ4n) is 2.06. The zero-order chi connectivity index (χ0) is 11.3. The molecule has 15 heavy (non-hydrogen) atoms. The zero-order valence-corrected chi connectivity index (χ0v) is 10.1. The lowest BCUT2D eigenvalue weighted by Crippen LogP contribution is -2.05. The molecule has 0 fully saturated rings. The monoisotopic (exact) mass is 206 g/mol. The SMILES string of the molecule is CC(C)CC1C=CC(CC(C)C=O)=CC1. The van der Waals surface area contributed by atoms with Crippen molar-refractivity contribution >= 4 is 6.29 Å². The topological polar surface area (TPSA) is 17.1 Å². The van der Waals surface area contributed by atoms with E-state index in [4.69, 9.17) is 0 Å². The van der Waals surface area contributed by atoms with Crippen molar-refractivity contribution in [3.05, 3.63) is 23.8 Å². The summed E-state index contributed by atoms with van der Waals surface area (Å²) in [5.74, 6) is 1.63. The van der Waals surface area contributed by atoms with Crippen LogP contribution in [-0.2, 0) is 4.79 Å². The smallest absolute Gasteiger partial charge is 0.123 e. The molecule has 2 unspecified atom stereocenters. The molecule has 1 aliphatic carbocycles. The minimum Gasteiger partial charge on any atom is -0.303 e. The van der Waals surface area contributed by atoms with Gasteiger partial charge in [-0.15, -0.1) is 0 Å². The van der Waals surface area contributed by atoms with E-state index in [2.05, 4.69) is 32.1 Å². The Bertz CT molecular complexity index is 261. The predicted octanol–water partition coefficient (Wildman–Crippen LogP) is 3.76. The first-order valence-corrected chi connectivity index (χ1v) is 5.94. The van der Waals surface area contributed by atoms with Gasteiger partial charge in [0.25, 0.3) is 0 Å².